The average molecular weight is 243 g/mol. The summed E-state index contributed by atoms with van der Waals surface area (Å²) in [7, 11) is 0. The zero-order chi connectivity index (χ0) is 12.7. The fourth-order valence-corrected chi connectivity index (χ4v) is 2.16. The summed E-state index contributed by atoms with van der Waals surface area (Å²) < 4.78 is 13.7. The highest BCUT2D eigenvalue weighted by Crippen LogP contribution is 2.34. The van der Waals surface area contributed by atoms with Gasteiger partial charge in [0, 0.05) is 23.2 Å². The number of fused-ring (bicyclic) bond motifs is 1. The first-order valence-electron chi connectivity index (χ1n) is 5.56. The Morgan fingerprint density at radius 3 is 2.67 bits per heavy atom. The number of hydrogen-bond acceptors (Lipinski definition) is 2. The van der Waals surface area contributed by atoms with Crippen molar-refractivity contribution in [1.82, 2.24) is 5.32 Å². The molecule has 0 spiro atoms. The number of phenolic OH excluding ortho intramolecular Hbond substituents is 1. The van der Waals surface area contributed by atoms with Crippen molar-refractivity contribution in [1.29, 1.82) is 0 Å². The van der Waals surface area contributed by atoms with Gasteiger partial charge in [0.1, 0.15) is 11.6 Å². The lowest BCUT2D eigenvalue weighted by atomic mass is 9.99. The number of carbonyl (C=O) groups is 1. The van der Waals surface area contributed by atoms with Crippen LogP contribution in [0.4, 0.5) is 4.39 Å². The molecule has 0 bridgehead atoms. The number of phenols is 1. The van der Waals surface area contributed by atoms with Crippen molar-refractivity contribution < 1.29 is 14.3 Å². The molecule has 1 aliphatic heterocycles. The molecule has 4 heteroatoms. The molecule has 3 nitrogen and oxygen atoms in total. The van der Waals surface area contributed by atoms with Crippen LogP contribution in [0.1, 0.15) is 15.9 Å². The summed E-state index contributed by atoms with van der Waals surface area (Å²) in [5.74, 6) is -0.635. The normalized spacial score (nSPS) is 13.3. The third-order valence-corrected chi connectivity index (χ3v) is 3.07. The van der Waals surface area contributed by atoms with Gasteiger partial charge >= 0.3 is 0 Å². The molecule has 0 radical (unpaired) electrons. The molecule has 0 fully saturated rings. The van der Waals surface area contributed by atoms with Gasteiger partial charge in [0.2, 0.25) is 0 Å². The minimum absolute atomic E-state index is 0.0182. The molecular formula is C14H10FNO2. The molecule has 3 rings (SSSR count). The lowest BCUT2D eigenvalue weighted by molar-refractivity contribution is 0.0966. The minimum atomic E-state index is -0.425. The number of rotatable bonds is 1. The van der Waals surface area contributed by atoms with Crippen LogP contribution in [0.25, 0.3) is 11.1 Å². The number of halogens is 1. The molecule has 0 aliphatic carbocycles. The largest absolute Gasteiger partial charge is 0.507 e. The van der Waals surface area contributed by atoms with Gasteiger partial charge in [-0.3, -0.25) is 4.79 Å². The Morgan fingerprint density at radius 1 is 1.11 bits per heavy atom. The van der Waals surface area contributed by atoms with E-state index in [2.05, 4.69) is 5.32 Å². The number of amides is 1. The van der Waals surface area contributed by atoms with Gasteiger partial charge in [0.25, 0.3) is 5.91 Å². The Kier molecular flexibility index (Phi) is 2.30. The Hall–Kier alpha value is -2.36. The van der Waals surface area contributed by atoms with Crippen LogP contribution in [0.3, 0.4) is 0 Å². The SMILES string of the molecule is O=C1NCc2cc(O)c(-c3ccccc3F)cc21. The molecular weight excluding hydrogens is 233 g/mol. The van der Waals surface area contributed by atoms with Crippen LogP contribution < -0.4 is 5.32 Å². The van der Waals surface area contributed by atoms with Crippen molar-refractivity contribution in [2.75, 3.05) is 0 Å². The number of carbonyl (C=O) groups excluding carboxylic acids is 1. The summed E-state index contributed by atoms with van der Waals surface area (Å²) in [4.78, 5) is 11.6. The lowest BCUT2D eigenvalue weighted by Gasteiger charge is -2.08. The predicted octanol–water partition coefficient (Wildman–Crippen LogP) is 2.44. The molecule has 0 saturated heterocycles. The monoisotopic (exact) mass is 243 g/mol. The summed E-state index contributed by atoms with van der Waals surface area (Å²) in [6.45, 7) is 0.402. The minimum Gasteiger partial charge on any atom is -0.507 e. The van der Waals surface area contributed by atoms with Crippen molar-refractivity contribution in [3.8, 4) is 16.9 Å². The van der Waals surface area contributed by atoms with Crippen LogP contribution >= 0.6 is 0 Å². The molecule has 90 valence electrons. The van der Waals surface area contributed by atoms with Crippen molar-refractivity contribution in [2.45, 2.75) is 6.54 Å². The first-order valence-corrected chi connectivity index (χ1v) is 5.56. The van der Waals surface area contributed by atoms with Gasteiger partial charge in [-0.2, -0.15) is 0 Å². The summed E-state index contributed by atoms with van der Waals surface area (Å²) in [6.07, 6.45) is 0. The molecule has 1 aliphatic rings. The van der Waals surface area contributed by atoms with Crippen LogP contribution in [-0.4, -0.2) is 11.0 Å². The van der Waals surface area contributed by atoms with E-state index in [4.69, 9.17) is 0 Å². The van der Waals surface area contributed by atoms with E-state index in [0.717, 1.165) is 5.56 Å². The molecule has 0 unspecified atom stereocenters. The van der Waals surface area contributed by atoms with Crippen LogP contribution in [-0.2, 0) is 6.54 Å². The van der Waals surface area contributed by atoms with Gasteiger partial charge in [0.05, 0.1) is 0 Å². The first-order chi connectivity index (χ1) is 8.66. The maximum Gasteiger partial charge on any atom is 0.251 e. The van der Waals surface area contributed by atoms with Crippen molar-refractivity contribution in [2.24, 2.45) is 0 Å². The Labute approximate surface area is 103 Å². The van der Waals surface area contributed by atoms with Crippen molar-refractivity contribution >= 4 is 5.91 Å². The Balaban J connectivity index is 2.22. The maximum absolute atomic E-state index is 13.7. The van der Waals surface area contributed by atoms with Crippen molar-refractivity contribution in [3.63, 3.8) is 0 Å². The van der Waals surface area contributed by atoms with E-state index in [1.807, 2.05) is 0 Å². The van der Waals surface area contributed by atoms with Crippen LogP contribution in [0, 0.1) is 5.82 Å². The fourth-order valence-electron chi connectivity index (χ4n) is 2.16. The van der Waals surface area contributed by atoms with E-state index in [1.165, 1.54) is 18.2 Å². The first kappa shape index (κ1) is 10.8. The van der Waals surface area contributed by atoms with E-state index in [9.17, 15) is 14.3 Å². The molecule has 2 aromatic carbocycles. The van der Waals surface area contributed by atoms with E-state index in [-0.39, 0.29) is 17.2 Å². The zero-order valence-electron chi connectivity index (χ0n) is 9.40. The third kappa shape index (κ3) is 1.54. The predicted molar refractivity (Wildman–Crippen MR) is 64.7 cm³/mol. The molecule has 0 aromatic heterocycles. The van der Waals surface area contributed by atoms with Gasteiger partial charge in [0.15, 0.2) is 0 Å². The van der Waals surface area contributed by atoms with E-state index in [0.29, 0.717) is 17.7 Å². The number of aromatic hydroxyl groups is 1. The van der Waals surface area contributed by atoms with Gasteiger partial charge in [-0.15, -0.1) is 0 Å². The van der Waals surface area contributed by atoms with E-state index >= 15 is 0 Å². The van der Waals surface area contributed by atoms with Gasteiger partial charge in [-0.1, -0.05) is 18.2 Å². The third-order valence-electron chi connectivity index (χ3n) is 3.07. The molecule has 2 N–H and O–H groups in total. The molecule has 18 heavy (non-hydrogen) atoms. The van der Waals surface area contributed by atoms with Crippen molar-refractivity contribution in [3.05, 3.63) is 53.3 Å². The lowest BCUT2D eigenvalue weighted by Crippen LogP contribution is -2.12. The highest BCUT2D eigenvalue weighted by molar-refractivity contribution is 6.00. The molecule has 2 aromatic rings. The van der Waals surface area contributed by atoms with Gasteiger partial charge in [-0.05, 0) is 23.8 Å². The zero-order valence-corrected chi connectivity index (χ0v) is 9.40. The summed E-state index contributed by atoms with van der Waals surface area (Å²) >= 11 is 0. The summed E-state index contributed by atoms with van der Waals surface area (Å²) in [5, 5.41) is 12.6. The van der Waals surface area contributed by atoms with E-state index in [1.54, 1.807) is 18.2 Å². The topological polar surface area (TPSA) is 49.3 Å². The number of benzene rings is 2. The second-order valence-electron chi connectivity index (χ2n) is 4.19. The second kappa shape index (κ2) is 3.84. The maximum atomic E-state index is 13.7. The average Bonchev–Trinajstić information content (AvgIpc) is 2.70. The van der Waals surface area contributed by atoms with Crippen LogP contribution in [0.5, 0.6) is 5.75 Å². The highest BCUT2D eigenvalue weighted by Gasteiger charge is 2.22. The van der Waals surface area contributed by atoms with E-state index < -0.39 is 5.82 Å². The Bertz CT molecular complexity index is 652. The molecule has 0 atom stereocenters. The standard InChI is InChI=1S/C14H10FNO2/c15-12-4-2-1-3-9(12)11-6-10-8(5-13(11)17)7-16-14(10)18/h1-6,17H,7H2,(H,16,18). The highest BCUT2D eigenvalue weighted by atomic mass is 19.1. The summed E-state index contributed by atoms with van der Waals surface area (Å²) in [6, 6.07) is 9.20. The quantitative estimate of drug-likeness (QED) is 0.808. The summed E-state index contributed by atoms with van der Waals surface area (Å²) in [5.41, 5.74) is 1.85. The molecule has 0 saturated carbocycles. The van der Waals surface area contributed by atoms with Gasteiger partial charge in [-0.25, -0.2) is 4.39 Å². The molecule has 1 heterocycles. The van der Waals surface area contributed by atoms with Gasteiger partial charge < -0.3 is 10.4 Å². The van der Waals surface area contributed by atoms with Crippen LogP contribution in [0.15, 0.2) is 36.4 Å². The Morgan fingerprint density at radius 2 is 1.89 bits per heavy atom. The smallest absolute Gasteiger partial charge is 0.251 e. The molecule has 1 amide bonds. The fraction of sp³-hybridized carbons (Fsp3) is 0.0714. The second-order valence-corrected chi connectivity index (χ2v) is 4.19. The number of nitrogens with one attached hydrogen (secondary N) is 1. The number of hydrogen-bond donors (Lipinski definition) is 2. The van der Waals surface area contributed by atoms with Crippen LogP contribution in [0.2, 0.25) is 0 Å².